The van der Waals surface area contributed by atoms with Crippen LogP contribution in [-0.2, 0) is 4.79 Å². The number of pyridine rings is 1. The quantitative estimate of drug-likeness (QED) is 0.598. The molecule has 2 heterocycles. The van der Waals surface area contributed by atoms with Gasteiger partial charge in [-0.2, -0.15) is 0 Å². The highest BCUT2D eigenvalue weighted by Gasteiger charge is 2.28. The van der Waals surface area contributed by atoms with Crippen molar-refractivity contribution in [2.24, 2.45) is 11.7 Å². The Bertz CT molecular complexity index is 1170. The lowest BCUT2D eigenvalue weighted by atomic mass is 9.93. The van der Waals surface area contributed by atoms with Crippen LogP contribution in [-0.4, -0.2) is 44.0 Å². The van der Waals surface area contributed by atoms with Crippen molar-refractivity contribution in [1.82, 2.24) is 4.98 Å². The monoisotopic (exact) mass is 433 g/mol. The third-order valence-electron chi connectivity index (χ3n) is 6.12. The molecule has 0 radical (unpaired) electrons. The largest absolute Gasteiger partial charge is 0.493 e. The van der Waals surface area contributed by atoms with E-state index < -0.39 is 0 Å². The van der Waals surface area contributed by atoms with Crippen LogP contribution < -0.4 is 20.1 Å². The van der Waals surface area contributed by atoms with Crippen LogP contribution in [0.15, 0.2) is 42.6 Å². The van der Waals surface area contributed by atoms with E-state index >= 15 is 0 Å². The van der Waals surface area contributed by atoms with Crippen molar-refractivity contribution >= 4 is 28.3 Å². The van der Waals surface area contributed by atoms with Crippen LogP contribution in [0, 0.1) is 12.8 Å². The van der Waals surface area contributed by atoms with Crippen molar-refractivity contribution in [1.29, 1.82) is 0 Å². The SMILES string of the molecule is COc1cc2ncc(C(=O)c3ccc(C)cc3)c(N3CCC(C(N)=O)CC3)c2cc1OC. The minimum atomic E-state index is -0.272. The summed E-state index contributed by atoms with van der Waals surface area (Å²) in [6.07, 6.45) is 2.92. The molecule has 0 saturated carbocycles. The molecule has 7 nitrogen and oxygen atoms in total. The standard InChI is InChI=1S/C25H27N3O4/c1-15-4-6-16(7-5-15)24(29)19-14-27-20-13-22(32-3)21(31-2)12-18(20)23(19)28-10-8-17(9-11-28)25(26)30/h4-7,12-14,17H,8-11H2,1-3H3,(H2,26,30). The summed E-state index contributed by atoms with van der Waals surface area (Å²) in [4.78, 5) is 31.9. The summed E-state index contributed by atoms with van der Waals surface area (Å²) >= 11 is 0. The second-order valence-corrected chi connectivity index (χ2v) is 8.10. The van der Waals surface area contributed by atoms with Gasteiger partial charge in [0.1, 0.15) is 0 Å². The van der Waals surface area contributed by atoms with Crippen LogP contribution in [0.2, 0.25) is 0 Å². The normalized spacial score (nSPS) is 14.4. The molecule has 1 amide bonds. The van der Waals surface area contributed by atoms with Crippen LogP contribution in [0.25, 0.3) is 10.9 Å². The van der Waals surface area contributed by atoms with Crippen molar-refractivity contribution in [2.75, 3.05) is 32.2 Å². The zero-order valence-electron chi connectivity index (χ0n) is 18.6. The summed E-state index contributed by atoms with van der Waals surface area (Å²) < 4.78 is 10.9. The van der Waals surface area contributed by atoms with Crippen LogP contribution in [0.5, 0.6) is 11.5 Å². The van der Waals surface area contributed by atoms with Gasteiger partial charge in [-0.25, -0.2) is 0 Å². The number of ether oxygens (including phenoxy) is 2. The number of benzene rings is 2. The summed E-state index contributed by atoms with van der Waals surface area (Å²) in [7, 11) is 3.16. The van der Waals surface area contributed by atoms with Gasteiger partial charge in [-0.1, -0.05) is 29.8 Å². The first-order valence-electron chi connectivity index (χ1n) is 10.6. The average molecular weight is 434 g/mol. The van der Waals surface area contributed by atoms with Crippen LogP contribution in [0.3, 0.4) is 0 Å². The predicted molar refractivity (Wildman–Crippen MR) is 124 cm³/mol. The third-order valence-corrected chi connectivity index (χ3v) is 6.12. The number of amides is 1. The number of nitrogens with two attached hydrogens (primary N) is 1. The fourth-order valence-electron chi connectivity index (χ4n) is 4.26. The van der Waals surface area contributed by atoms with E-state index in [-0.39, 0.29) is 17.6 Å². The zero-order valence-corrected chi connectivity index (χ0v) is 18.6. The van der Waals surface area contributed by atoms with Crippen molar-refractivity contribution in [2.45, 2.75) is 19.8 Å². The number of hydrogen-bond acceptors (Lipinski definition) is 6. The molecule has 1 fully saturated rings. The van der Waals surface area contributed by atoms with Gasteiger partial charge in [-0.3, -0.25) is 14.6 Å². The molecule has 7 heteroatoms. The zero-order chi connectivity index (χ0) is 22.8. The van der Waals surface area contributed by atoms with E-state index in [1.165, 1.54) is 0 Å². The molecule has 0 atom stereocenters. The Labute approximate surface area is 187 Å². The van der Waals surface area contributed by atoms with Crippen LogP contribution >= 0.6 is 0 Å². The number of piperidine rings is 1. The summed E-state index contributed by atoms with van der Waals surface area (Å²) in [5.74, 6) is 0.622. The Hall–Kier alpha value is -3.61. The molecule has 2 N–H and O–H groups in total. The van der Waals surface area contributed by atoms with Gasteiger partial charge in [0.15, 0.2) is 17.3 Å². The number of ketones is 1. The summed E-state index contributed by atoms with van der Waals surface area (Å²) in [5.41, 5.74) is 9.23. The van der Waals surface area contributed by atoms with Gasteiger partial charge in [0.2, 0.25) is 5.91 Å². The van der Waals surface area contributed by atoms with E-state index in [0.29, 0.717) is 54.1 Å². The summed E-state index contributed by atoms with van der Waals surface area (Å²) in [6.45, 7) is 3.23. The van der Waals surface area contributed by atoms with Gasteiger partial charge in [0.05, 0.1) is 31.0 Å². The van der Waals surface area contributed by atoms with Crippen molar-refractivity contribution in [3.05, 3.63) is 59.3 Å². The highest BCUT2D eigenvalue weighted by molar-refractivity contribution is 6.16. The first-order valence-corrected chi connectivity index (χ1v) is 10.6. The Morgan fingerprint density at radius 3 is 2.25 bits per heavy atom. The van der Waals surface area contributed by atoms with E-state index in [2.05, 4.69) is 9.88 Å². The Morgan fingerprint density at radius 1 is 1.03 bits per heavy atom. The molecule has 166 valence electrons. The fourth-order valence-corrected chi connectivity index (χ4v) is 4.26. The highest BCUT2D eigenvalue weighted by atomic mass is 16.5. The maximum Gasteiger partial charge on any atom is 0.220 e. The van der Waals surface area contributed by atoms with E-state index in [9.17, 15) is 9.59 Å². The van der Waals surface area contributed by atoms with Gasteiger partial charge >= 0.3 is 0 Å². The molecule has 1 saturated heterocycles. The summed E-state index contributed by atoms with van der Waals surface area (Å²) in [5, 5.41) is 0.804. The number of aryl methyl sites for hydroxylation is 1. The molecule has 1 aromatic heterocycles. The minimum Gasteiger partial charge on any atom is -0.493 e. The molecule has 3 aromatic rings. The van der Waals surface area contributed by atoms with Crippen molar-refractivity contribution in [3.8, 4) is 11.5 Å². The third kappa shape index (κ3) is 3.98. The number of carbonyl (C=O) groups is 2. The lowest BCUT2D eigenvalue weighted by Gasteiger charge is -2.34. The molecule has 32 heavy (non-hydrogen) atoms. The van der Waals surface area contributed by atoms with E-state index in [4.69, 9.17) is 15.2 Å². The van der Waals surface area contributed by atoms with Crippen molar-refractivity contribution < 1.29 is 19.1 Å². The number of methoxy groups -OCH3 is 2. The second-order valence-electron chi connectivity index (χ2n) is 8.10. The molecule has 0 bridgehead atoms. The van der Waals surface area contributed by atoms with Crippen LogP contribution in [0.1, 0.15) is 34.3 Å². The van der Waals surface area contributed by atoms with Gasteiger partial charge in [-0.15, -0.1) is 0 Å². The Balaban J connectivity index is 1.87. The lowest BCUT2D eigenvalue weighted by Crippen LogP contribution is -2.39. The highest BCUT2D eigenvalue weighted by Crippen LogP contribution is 2.39. The van der Waals surface area contributed by atoms with E-state index in [1.54, 1.807) is 20.4 Å². The second kappa shape index (κ2) is 8.86. The van der Waals surface area contributed by atoms with Gasteiger partial charge < -0.3 is 20.1 Å². The predicted octanol–water partition coefficient (Wildman–Crippen LogP) is 3.49. The molecule has 0 spiro atoms. The molecule has 4 rings (SSSR count). The molecule has 0 unspecified atom stereocenters. The maximum absolute atomic E-state index is 13.5. The average Bonchev–Trinajstić information content (AvgIpc) is 2.82. The Kier molecular flexibility index (Phi) is 5.99. The molecule has 1 aliphatic rings. The van der Waals surface area contributed by atoms with E-state index in [1.807, 2.05) is 43.3 Å². The van der Waals surface area contributed by atoms with Gasteiger partial charge in [0.25, 0.3) is 0 Å². The number of rotatable bonds is 6. The number of fused-ring (bicyclic) bond motifs is 1. The molecular weight excluding hydrogens is 406 g/mol. The molecule has 1 aliphatic heterocycles. The topological polar surface area (TPSA) is 94.8 Å². The number of hydrogen-bond donors (Lipinski definition) is 1. The van der Waals surface area contributed by atoms with Gasteiger partial charge in [0, 0.05) is 42.2 Å². The first kappa shape index (κ1) is 21.6. The minimum absolute atomic E-state index is 0.0961. The van der Waals surface area contributed by atoms with Gasteiger partial charge in [-0.05, 0) is 25.8 Å². The molecule has 0 aliphatic carbocycles. The number of carbonyl (C=O) groups excluding carboxylic acids is 2. The van der Waals surface area contributed by atoms with Crippen molar-refractivity contribution in [3.63, 3.8) is 0 Å². The number of nitrogens with zero attached hydrogens (tertiary/aromatic N) is 2. The number of primary amides is 1. The smallest absolute Gasteiger partial charge is 0.220 e. The Morgan fingerprint density at radius 2 is 1.66 bits per heavy atom. The fraction of sp³-hybridized carbons (Fsp3) is 0.320. The van der Waals surface area contributed by atoms with Crippen LogP contribution in [0.4, 0.5) is 5.69 Å². The number of anilines is 1. The summed E-state index contributed by atoms with van der Waals surface area (Å²) in [6, 6.07) is 11.2. The molecule has 2 aromatic carbocycles. The first-order chi connectivity index (χ1) is 15.4. The number of aromatic nitrogens is 1. The maximum atomic E-state index is 13.5. The molecular formula is C25H27N3O4. The lowest BCUT2D eigenvalue weighted by molar-refractivity contribution is -0.122. The van der Waals surface area contributed by atoms with E-state index in [0.717, 1.165) is 16.6 Å².